The van der Waals surface area contributed by atoms with Crippen LogP contribution >= 0.6 is 0 Å². The minimum Gasteiger partial charge on any atom is -0.478 e. The second-order valence-corrected chi connectivity index (χ2v) is 3.54. The maximum absolute atomic E-state index is 5.81. The van der Waals surface area contributed by atoms with Crippen LogP contribution in [0.1, 0.15) is 26.7 Å². The summed E-state index contributed by atoms with van der Waals surface area (Å²) < 4.78 is 5.28. The van der Waals surface area contributed by atoms with E-state index < -0.39 is 0 Å². The SMILES string of the molecule is CCOc1ccnc(NCCC(N)CC)n1. The van der Waals surface area contributed by atoms with Crippen LogP contribution < -0.4 is 15.8 Å². The lowest BCUT2D eigenvalue weighted by molar-refractivity contribution is 0.326. The summed E-state index contributed by atoms with van der Waals surface area (Å²) in [5.74, 6) is 1.19. The van der Waals surface area contributed by atoms with Crippen molar-refractivity contribution in [1.29, 1.82) is 0 Å². The summed E-state index contributed by atoms with van der Waals surface area (Å²) in [4.78, 5) is 8.30. The third-order valence-electron chi connectivity index (χ3n) is 2.24. The normalized spacial score (nSPS) is 12.2. The molecule has 1 aromatic rings. The summed E-state index contributed by atoms with van der Waals surface area (Å²) in [5.41, 5.74) is 5.81. The van der Waals surface area contributed by atoms with Gasteiger partial charge in [0.1, 0.15) is 0 Å². The molecule has 0 aliphatic carbocycles. The lowest BCUT2D eigenvalue weighted by Gasteiger charge is -2.09. The lowest BCUT2D eigenvalue weighted by Crippen LogP contribution is -2.22. The molecule has 1 heterocycles. The highest BCUT2D eigenvalue weighted by molar-refractivity contribution is 5.27. The molecule has 0 fully saturated rings. The van der Waals surface area contributed by atoms with E-state index in [2.05, 4.69) is 22.2 Å². The highest BCUT2D eigenvalue weighted by Gasteiger charge is 2.01. The molecule has 3 N–H and O–H groups in total. The van der Waals surface area contributed by atoms with Gasteiger partial charge in [-0.25, -0.2) is 4.98 Å². The van der Waals surface area contributed by atoms with Crippen molar-refractivity contribution in [2.45, 2.75) is 32.7 Å². The van der Waals surface area contributed by atoms with Gasteiger partial charge in [-0.1, -0.05) is 6.92 Å². The second-order valence-electron chi connectivity index (χ2n) is 3.54. The Balaban J connectivity index is 2.38. The second kappa shape index (κ2) is 7.00. The van der Waals surface area contributed by atoms with E-state index in [1.807, 2.05) is 6.92 Å². The molecular weight excluding hydrogens is 204 g/mol. The standard InChI is InChI=1S/C11H20N4O/c1-3-9(12)5-7-13-11-14-8-6-10(15-11)16-4-2/h6,8-9H,3-5,7,12H2,1-2H3,(H,13,14,15). The molecule has 0 radical (unpaired) electrons. The minimum atomic E-state index is 0.238. The largest absolute Gasteiger partial charge is 0.478 e. The van der Waals surface area contributed by atoms with Crippen LogP contribution in [0.25, 0.3) is 0 Å². The summed E-state index contributed by atoms with van der Waals surface area (Å²) in [5, 5.41) is 3.13. The number of nitrogens with zero attached hydrogens (tertiary/aromatic N) is 2. The van der Waals surface area contributed by atoms with E-state index in [-0.39, 0.29) is 6.04 Å². The molecule has 5 heteroatoms. The fourth-order valence-corrected chi connectivity index (χ4v) is 1.23. The average Bonchev–Trinajstić information content (AvgIpc) is 2.30. The number of aromatic nitrogens is 2. The maximum atomic E-state index is 5.81. The number of nitrogens with two attached hydrogens (primary N) is 1. The Kier molecular flexibility index (Phi) is 5.56. The third-order valence-corrected chi connectivity index (χ3v) is 2.24. The quantitative estimate of drug-likeness (QED) is 0.732. The Morgan fingerprint density at radius 2 is 2.31 bits per heavy atom. The lowest BCUT2D eigenvalue weighted by atomic mass is 10.2. The number of hydrogen-bond donors (Lipinski definition) is 2. The van der Waals surface area contributed by atoms with E-state index in [4.69, 9.17) is 10.5 Å². The van der Waals surface area contributed by atoms with E-state index in [1.54, 1.807) is 12.3 Å². The van der Waals surface area contributed by atoms with Gasteiger partial charge >= 0.3 is 0 Å². The van der Waals surface area contributed by atoms with Gasteiger partial charge in [0.05, 0.1) is 6.61 Å². The van der Waals surface area contributed by atoms with E-state index in [0.29, 0.717) is 18.4 Å². The molecule has 5 nitrogen and oxygen atoms in total. The molecule has 1 unspecified atom stereocenters. The van der Waals surface area contributed by atoms with Crippen molar-refractivity contribution >= 4 is 5.95 Å². The van der Waals surface area contributed by atoms with E-state index in [0.717, 1.165) is 19.4 Å². The van der Waals surface area contributed by atoms with E-state index in [1.165, 1.54) is 0 Å². The Bertz CT molecular complexity index is 306. The van der Waals surface area contributed by atoms with Crippen LogP contribution in [0, 0.1) is 0 Å². The molecule has 0 aliphatic rings. The van der Waals surface area contributed by atoms with Gasteiger partial charge in [-0.15, -0.1) is 0 Å². The van der Waals surface area contributed by atoms with Gasteiger partial charge < -0.3 is 15.8 Å². The van der Waals surface area contributed by atoms with Crippen LogP contribution in [0.3, 0.4) is 0 Å². The van der Waals surface area contributed by atoms with Crippen molar-refractivity contribution < 1.29 is 4.74 Å². The van der Waals surface area contributed by atoms with Crippen LogP contribution in [-0.2, 0) is 0 Å². The molecule has 0 aromatic carbocycles. The fourth-order valence-electron chi connectivity index (χ4n) is 1.23. The smallest absolute Gasteiger partial charge is 0.225 e. The van der Waals surface area contributed by atoms with Crippen molar-refractivity contribution in [2.75, 3.05) is 18.5 Å². The number of anilines is 1. The van der Waals surface area contributed by atoms with Crippen molar-refractivity contribution in [3.63, 3.8) is 0 Å². The number of rotatable bonds is 7. The Morgan fingerprint density at radius 1 is 1.50 bits per heavy atom. The summed E-state index contributed by atoms with van der Waals surface area (Å²) >= 11 is 0. The summed E-state index contributed by atoms with van der Waals surface area (Å²) in [6, 6.07) is 1.98. The van der Waals surface area contributed by atoms with Crippen molar-refractivity contribution in [2.24, 2.45) is 5.73 Å². The molecule has 1 aromatic heterocycles. The maximum Gasteiger partial charge on any atom is 0.225 e. The predicted molar refractivity (Wildman–Crippen MR) is 64.6 cm³/mol. The van der Waals surface area contributed by atoms with Gasteiger partial charge in [-0.3, -0.25) is 0 Å². The predicted octanol–water partition coefficient (Wildman–Crippen LogP) is 1.41. The van der Waals surface area contributed by atoms with Crippen LogP contribution in [0.2, 0.25) is 0 Å². The number of nitrogens with one attached hydrogen (secondary N) is 1. The first kappa shape index (κ1) is 12.7. The first-order chi connectivity index (χ1) is 7.76. The molecule has 90 valence electrons. The Hall–Kier alpha value is -1.36. The van der Waals surface area contributed by atoms with Gasteiger partial charge in [0.2, 0.25) is 11.8 Å². The van der Waals surface area contributed by atoms with E-state index >= 15 is 0 Å². The van der Waals surface area contributed by atoms with E-state index in [9.17, 15) is 0 Å². The molecule has 1 atom stereocenters. The molecule has 0 amide bonds. The van der Waals surface area contributed by atoms with Crippen LogP contribution in [0.4, 0.5) is 5.95 Å². The Morgan fingerprint density at radius 3 is 3.00 bits per heavy atom. The molecule has 0 aliphatic heterocycles. The van der Waals surface area contributed by atoms with Gasteiger partial charge in [0, 0.05) is 24.8 Å². The summed E-state index contributed by atoms with van der Waals surface area (Å²) in [7, 11) is 0. The van der Waals surface area contributed by atoms with Crippen LogP contribution in [0.15, 0.2) is 12.3 Å². The van der Waals surface area contributed by atoms with Gasteiger partial charge in [-0.2, -0.15) is 4.98 Å². The van der Waals surface area contributed by atoms with Gasteiger partial charge in [0.15, 0.2) is 0 Å². The molecule has 0 saturated heterocycles. The average molecular weight is 224 g/mol. The minimum absolute atomic E-state index is 0.238. The topological polar surface area (TPSA) is 73.1 Å². The van der Waals surface area contributed by atoms with Crippen LogP contribution in [0.5, 0.6) is 5.88 Å². The highest BCUT2D eigenvalue weighted by atomic mass is 16.5. The summed E-state index contributed by atoms with van der Waals surface area (Å²) in [6.07, 6.45) is 3.58. The molecular formula is C11H20N4O. The molecule has 0 bridgehead atoms. The summed E-state index contributed by atoms with van der Waals surface area (Å²) in [6.45, 7) is 5.40. The fraction of sp³-hybridized carbons (Fsp3) is 0.636. The number of ether oxygens (including phenoxy) is 1. The van der Waals surface area contributed by atoms with Gasteiger partial charge in [0.25, 0.3) is 0 Å². The van der Waals surface area contributed by atoms with Crippen LogP contribution in [-0.4, -0.2) is 29.2 Å². The molecule has 0 saturated carbocycles. The molecule has 16 heavy (non-hydrogen) atoms. The highest BCUT2D eigenvalue weighted by Crippen LogP contribution is 2.08. The van der Waals surface area contributed by atoms with Crippen molar-refractivity contribution in [3.8, 4) is 5.88 Å². The zero-order valence-corrected chi connectivity index (χ0v) is 9.94. The first-order valence-electron chi connectivity index (χ1n) is 5.71. The van der Waals surface area contributed by atoms with Gasteiger partial charge in [-0.05, 0) is 19.8 Å². The Labute approximate surface area is 96.4 Å². The molecule has 0 spiro atoms. The van der Waals surface area contributed by atoms with Crippen molar-refractivity contribution in [3.05, 3.63) is 12.3 Å². The zero-order chi connectivity index (χ0) is 11.8. The first-order valence-corrected chi connectivity index (χ1v) is 5.71. The van der Waals surface area contributed by atoms with Crippen molar-refractivity contribution in [1.82, 2.24) is 9.97 Å². The third kappa shape index (κ3) is 4.44. The molecule has 1 rings (SSSR count). The monoisotopic (exact) mass is 224 g/mol. The zero-order valence-electron chi connectivity index (χ0n) is 9.94. The number of hydrogen-bond acceptors (Lipinski definition) is 5.